The summed E-state index contributed by atoms with van der Waals surface area (Å²) in [5.41, 5.74) is 3.47. The quantitative estimate of drug-likeness (QED) is 0.509. The lowest BCUT2D eigenvalue weighted by atomic mass is 9.48. The van der Waals surface area contributed by atoms with Gasteiger partial charge in [-0.05, 0) is 98.5 Å². The number of hydrogen-bond acceptors (Lipinski definition) is 4. The number of likely N-dealkylation sites (tertiary alicyclic amines) is 1. The molecule has 2 aliphatic heterocycles. The highest BCUT2D eigenvalue weighted by atomic mass is 16.5. The summed E-state index contributed by atoms with van der Waals surface area (Å²) >= 11 is 0. The second kappa shape index (κ2) is 8.97. The molecule has 194 valence electrons. The van der Waals surface area contributed by atoms with E-state index in [1.165, 1.54) is 25.0 Å². The lowest BCUT2D eigenvalue weighted by Crippen LogP contribution is -2.49. The van der Waals surface area contributed by atoms with Gasteiger partial charge in [0, 0.05) is 54.8 Å². The molecule has 6 bridgehead atoms. The largest absolute Gasteiger partial charge is 0.496 e. The number of nitrogens with zero attached hydrogens (tertiary/aromatic N) is 2. The Kier molecular flexibility index (Phi) is 5.69. The van der Waals surface area contributed by atoms with Crippen LogP contribution < -0.4 is 10.3 Å². The van der Waals surface area contributed by atoms with Crippen molar-refractivity contribution in [1.82, 2.24) is 9.47 Å². The minimum Gasteiger partial charge on any atom is -0.496 e. The van der Waals surface area contributed by atoms with Gasteiger partial charge in [-0.25, -0.2) is 0 Å². The molecule has 37 heavy (non-hydrogen) atoms. The monoisotopic (exact) mass is 498 g/mol. The Morgan fingerprint density at radius 2 is 1.73 bits per heavy atom. The minimum absolute atomic E-state index is 0.0790. The molecule has 2 atom stereocenters. The van der Waals surface area contributed by atoms with E-state index in [4.69, 9.17) is 4.74 Å². The summed E-state index contributed by atoms with van der Waals surface area (Å²) in [4.78, 5) is 28.4. The van der Waals surface area contributed by atoms with Crippen molar-refractivity contribution >= 4 is 11.9 Å². The number of hydrogen-bond donors (Lipinski definition) is 0. The van der Waals surface area contributed by atoms with Gasteiger partial charge in [-0.1, -0.05) is 18.2 Å². The topological polar surface area (TPSA) is 51.5 Å². The highest BCUT2D eigenvalue weighted by molar-refractivity contribution is 5.98. The Hall–Kier alpha value is -2.66. The smallest absolute Gasteiger partial charge is 0.250 e. The summed E-state index contributed by atoms with van der Waals surface area (Å²) < 4.78 is 7.72. The number of rotatable bonds is 6. The number of carbonyl (C=O) groups excluding carboxylic acids is 1. The molecule has 2 aromatic rings. The van der Waals surface area contributed by atoms with Gasteiger partial charge in [0.2, 0.25) is 0 Å². The van der Waals surface area contributed by atoms with E-state index >= 15 is 0 Å². The van der Waals surface area contributed by atoms with E-state index in [-0.39, 0.29) is 11.0 Å². The number of fused-ring (bicyclic) bond motifs is 4. The van der Waals surface area contributed by atoms with Crippen LogP contribution in [0.25, 0.3) is 6.08 Å². The average Bonchev–Trinajstić information content (AvgIpc) is 2.87. The Morgan fingerprint density at radius 3 is 2.46 bits per heavy atom. The van der Waals surface area contributed by atoms with Gasteiger partial charge < -0.3 is 9.30 Å². The molecule has 0 spiro atoms. The third-order valence-electron chi connectivity index (χ3n) is 10.2. The number of pyridine rings is 1. The summed E-state index contributed by atoms with van der Waals surface area (Å²) in [6, 6.07) is 12.0. The molecule has 2 unspecified atom stereocenters. The summed E-state index contributed by atoms with van der Waals surface area (Å²) in [5, 5.41) is 0. The zero-order chi connectivity index (χ0) is 25.1. The number of ketones is 1. The number of methoxy groups -OCH3 is 1. The van der Waals surface area contributed by atoms with E-state index in [0.29, 0.717) is 17.6 Å². The van der Waals surface area contributed by atoms with Crippen molar-refractivity contribution < 1.29 is 9.53 Å². The molecule has 4 saturated carbocycles. The molecule has 5 fully saturated rings. The van der Waals surface area contributed by atoms with Crippen molar-refractivity contribution in [3.63, 3.8) is 0 Å². The normalized spacial score (nSPS) is 34.0. The first-order chi connectivity index (χ1) is 18.0. The molecule has 5 nitrogen and oxygen atoms in total. The summed E-state index contributed by atoms with van der Waals surface area (Å²) in [5.74, 6) is 4.51. The van der Waals surface area contributed by atoms with Crippen molar-refractivity contribution in [3.8, 4) is 5.75 Å². The predicted molar refractivity (Wildman–Crippen MR) is 144 cm³/mol. The summed E-state index contributed by atoms with van der Waals surface area (Å²) in [7, 11) is 1.73. The third kappa shape index (κ3) is 4.20. The van der Waals surface area contributed by atoms with Gasteiger partial charge >= 0.3 is 0 Å². The van der Waals surface area contributed by atoms with Gasteiger partial charge in [0.1, 0.15) is 5.75 Å². The number of allylic oxidation sites excluding steroid dienone is 1. The molecular formula is C32H38N2O3. The van der Waals surface area contributed by atoms with E-state index < -0.39 is 0 Å². The van der Waals surface area contributed by atoms with Crippen LogP contribution in [-0.4, -0.2) is 35.4 Å². The highest BCUT2D eigenvalue weighted by Crippen LogP contribution is 2.60. The van der Waals surface area contributed by atoms with Gasteiger partial charge in [-0.2, -0.15) is 0 Å². The third-order valence-corrected chi connectivity index (χ3v) is 10.2. The van der Waals surface area contributed by atoms with Crippen molar-refractivity contribution in [1.29, 1.82) is 0 Å². The summed E-state index contributed by atoms with van der Waals surface area (Å²) in [6.45, 7) is 3.57. The van der Waals surface area contributed by atoms with Gasteiger partial charge in [-0.15, -0.1) is 0 Å². The number of carbonyl (C=O) groups is 1. The van der Waals surface area contributed by atoms with Crippen LogP contribution in [0.3, 0.4) is 0 Å². The Balaban J connectivity index is 1.08. The van der Waals surface area contributed by atoms with E-state index in [9.17, 15) is 9.59 Å². The van der Waals surface area contributed by atoms with Crippen LogP contribution in [0.15, 0.2) is 47.3 Å². The van der Waals surface area contributed by atoms with Crippen LogP contribution in [0.2, 0.25) is 0 Å². The molecule has 3 heterocycles. The van der Waals surface area contributed by atoms with Gasteiger partial charge in [0.05, 0.1) is 7.11 Å². The Bertz CT molecular complexity index is 1270. The fraction of sp³-hybridized carbons (Fsp3) is 0.562. The van der Waals surface area contributed by atoms with E-state index in [2.05, 4.69) is 23.1 Å². The zero-order valence-electron chi connectivity index (χ0n) is 21.9. The van der Waals surface area contributed by atoms with Crippen molar-refractivity contribution in [2.45, 2.75) is 64.0 Å². The SMILES string of the molecule is COc1ccc(/C=C/C(=O)C23CC4CC(CC(C4)C2)C3)cc1CN1CC2CC(C1)c1cccc(=O)n1C2. The van der Waals surface area contributed by atoms with Gasteiger partial charge in [-0.3, -0.25) is 14.5 Å². The minimum atomic E-state index is -0.0790. The summed E-state index contributed by atoms with van der Waals surface area (Å²) in [6.07, 6.45) is 12.5. The maximum Gasteiger partial charge on any atom is 0.250 e. The second-order valence-corrected chi connectivity index (χ2v) is 12.9. The van der Waals surface area contributed by atoms with Crippen molar-refractivity contribution in [3.05, 3.63) is 69.6 Å². The number of aromatic nitrogens is 1. The predicted octanol–water partition coefficient (Wildman–Crippen LogP) is 5.27. The molecule has 4 aliphatic carbocycles. The van der Waals surface area contributed by atoms with Crippen LogP contribution >= 0.6 is 0 Å². The lowest BCUT2D eigenvalue weighted by molar-refractivity contribution is -0.138. The maximum atomic E-state index is 13.5. The molecule has 8 rings (SSSR count). The molecule has 6 aliphatic rings. The fourth-order valence-electron chi connectivity index (χ4n) is 9.15. The van der Waals surface area contributed by atoms with E-state index in [0.717, 1.165) is 86.5 Å². The first-order valence-electron chi connectivity index (χ1n) is 14.3. The van der Waals surface area contributed by atoms with Crippen molar-refractivity contribution in [2.75, 3.05) is 20.2 Å². The van der Waals surface area contributed by atoms with Crippen LogP contribution in [0.4, 0.5) is 0 Å². The molecule has 0 amide bonds. The molecule has 5 heteroatoms. The standard InChI is InChI=1S/C32H38N2O3/c1-37-29-7-5-21(6-8-30(35)32-14-22-9-23(15-32)11-24(10-22)16-32)12-27(29)20-33-17-25-13-26(19-33)28-3-2-4-31(36)34(28)18-25/h2-8,12,22-26H,9-11,13-20H2,1H3/b8-6+. The second-order valence-electron chi connectivity index (χ2n) is 12.9. The average molecular weight is 499 g/mol. The van der Waals surface area contributed by atoms with Gasteiger partial charge in [0.25, 0.3) is 5.56 Å². The Morgan fingerprint density at radius 1 is 0.973 bits per heavy atom. The van der Waals surface area contributed by atoms with Crippen LogP contribution in [0.5, 0.6) is 5.75 Å². The number of benzene rings is 1. The molecule has 0 radical (unpaired) electrons. The van der Waals surface area contributed by atoms with Crippen molar-refractivity contribution in [2.24, 2.45) is 29.1 Å². The fourth-order valence-corrected chi connectivity index (χ4v) is 9.15. The van der Waals surface area contributed by atoms with E-state index in [1.807, 2.05) is 28.9 Å². The van der Waals surface area contributed by atoms with E-state index in [1.54, 1.807) is 13.2 Å². The van der Waals surface area contributed by atoms with Crippen LogP contribution in [-0.2, 0) is 17.9 Å². The molecule has 1 aromatic carbocycles. The first kappa shape index (κ1) is 23.5. The first-order valence-corrected chi connectivity index (χ1v) is 14.3. The highest BCUT2D eigenvalue weighted by Gasteiger charge is 2.53. The van der Waals surface area contributed by atoms with Crippen LogP contribution in [0.1, 0.15) is 67.7 Å². The molecule has 1 aromatic heterocycles. The van der Waals surface area contributed by atoms with Crippen LogP contribution in [0, 0.1) is 29.1 Å². The lowest BCUT2D eigenvalue weighted by Gasteiger charge is -2.55. The number of piperidine rings is 1. The molecular weight excluding hydrogens is 460 g/mol. The maximum absolute atomic E-state index is 13.5. The molecule has 0 N–H and O–H groups in total. The number of ether oxygens (including phenoxy) is 1. The Labute approximate surface area is 219 Å². The molecule has 1 saturated heterocycles. The zero-order valence-corrected chi connectivity index (χ0v) is 21.9. The van der Waals surface area contributed by atoms with Gasteiger partial charge in [0.15, 0.2) is 5.78 Å².